The highest BCUT2D eigenvalue weighted by atomic mass is 79.9. The van der Waals surface area contributed by atoms with E-state index < -0.39 is 0 Å². The molecule has 1 unspecified atom stereocenters. The zero-order valence-corrected chi connectivity index (χ0v) is 14.3. The lowest BCUT2D eigenvalue weighted by Gasteiger charge is -2.25. The molecule has 0 saturated heterocycles. The van der Waals surface area contributed by atoms with Crippen LogP contribution in [-0.2, 0) is 0 Å². The van der Waals surface area contributed by atoms with Crippen LogP contribution in [0.3, 0.4) is 0 Å². The maximum atomic E-state index is 3.69. The van der Waals surface area contributed by atoms with Crippen LogP contribution in [0.25, 0.3) is 0 Å². The summed E-state index contributed by atoms with van der Waals surface area (Å²) in [4.78, 5) is 2.61. The van der Waals surface area contributed by atoms with Gasteiger partial charge in [0.1, 0.15) is 0 Å². The molecular formula is C17H27BrN2. The lowest BCUT2D eigenvalue weighted by molar-refractivity contribution is 0.259. The molecule has 0 amide bonds. The average Bonchev–Trinajstić information content (AvgIpc) is 3.26. The number of rotatable bonds is 9. The average molecular weight is 339 g/mol. The van der Waals surface area contributed by atoms with Crippen molar-refractivity contribution < 1.29 is 0 Å². The van der Waals surface area contributed by atoms with Gasteiger partial charge < -0.3 is 10.2 Å². The standard InChI is InChI=1S/C17H27BrN2/c1-3-19-17(15-7-5-6-8-16(15)18)11-12-20(4-2)13-14-9-10-14/h5-8,14,17,19H,3-4,9-13H2,1-2H3. The summed E-state index contributed by atoms with van der Waals surface area (Å²) in [5, 5.41) is 3.63. The predicted octanol–water partition coefficient (Wildman–Crippen LogP) is 4.22. The molecule has 1 aromatic carbocycles. The molecule has 3 heteroatoms. The van der Waals surface area contributed by atoms with E-state index in [9.17, 15) is 0 Å². The molecule has 0 aliphatic heterocycles. The Bertz CT molecular complexity index is 404. The van der Waals surface area contributed by atoms with Gasteiger partial charge in [0.15, 0.2) is 0 Å². The Hall–Kier alpha value is -0.380. The van der Waals surface area contributed by atoms with Gasteiger partial charge in [-0.2, -0.15) is 0 Å². The molecule has 2 nitrogen and oxygen atoms in total. The monoisotopic (exact) mass is 338 g/mol. The first kappa shape index (κ1) is 16.0. The molecule has 0 aromatic heterocycles. The van der Waals surface area contributed by atoms with Crippen molar-refractivity contribution in [3.8, 4) is 0 Å². The largest absolute Gasteiger partial charge is 0.310 e. The minimum atomic E-state index is 0.448. The summed E-state index contributed by atoms with van der Waals surface area (Å²) in [6.45, 7) is 9.14. The van der Waals surface area contributed by atoms with E-state index in [1.807, 2.05) is 0 Å². The van der Waals surface area contributed by atoms with Crippen LogP contribution in [0, 0.1) is 5.92 Å². The van der Waals surface area contributed by atoms with Crippen LogP contribution in [0.5, 0.6) is 0 Å². The zero-order chi connectivity index (χ0) is 14.4. The van der Waals surface area contributed by atoms with E-state index in [1.54, 1.807) is 0 Å². The second-order valence-electron chi connectivity index (χ2n) is 5.76. The van der Waals surface area contributed by atoms with Crippen LogP contribution in [0.2, 0.25) is 0 Å². The fourth-order valence-corrected chi connectivity index (χ4v) is 3.29. The van der Waals surface area contributed by atoms with Gasteiger partial charge >= 0.3 is 0 Å². The number of hydrogen-bond acceptors (Lipinski definition) is 2. The summed E-state index contributed by atoms with van der Waals surface area (Å²) in [6.07, 6.45) is 4.06. The van der Waals surface area contributed by atoms with E-state index in [2.05, 4.69) is 64.3 Å². The van der Waals surface area contributed by atoms with Gasteiger partial charge in [-0.15, -0.1) is 0 Å². The minimum Gasteiger partial charge on any atom is -0.310 e. The van der Waals surface area contributed by atoms with E-state index in [0.29, 0.717) is 6.04 Å². The first-order valence-electron chi connectivity index (χ1n) is 7.94. The highest BCUT2D eigenvalue weighted by molar-refractivity contribution is 9.10. The summed E-state index contributed by atoms with van der Waals surface area (Å²) >= 11 is 3.69. The SMILES string of the molecule is CCNC(CCN(CC)CC1CC1)c1ccccc1Br. The van der Waals surface area contributed by atoms with E-state index >= 15 is 0 Å². The number of benzene rings is 1. The van der Waals surface area contributed by atoms with Crippen LogP contribution in [0.4, 0.5) is 0 Å². The predicted molar refractivity (Wildman–Crippen MR) is 90.0 cm³/mol. The van der Waals surface area contributed by atoms with Gasteiger partial charge in [0, 0.05) is 17.1 Å². The Morgan fingerprint density at radius 3 is 2.65 bits per heavy atom. The Morgan fingerprint density at radius 2 is 2.05 bits per heavy atom. The third-order valence-corrected chi connectivity index (χ3v) is 4.85. The summed E-state index contributed by atoms with van der Waals surface area (Å²) in [5.74, 6) is 0.982. The maximum absolute atomic E-state index is 3.69. The molecule has 1 saturated carbocycles. The van der Waals surface area contributed by atoms with Gasteiger partial charge in [0.25, 0.3) is 0 Å². The van der Waals surface area contributed by atoms with Crippen LogP contribution in [-0.4, -0.2) is 31.1 Å². The molecule has 20 heavy (non-hydrogen) atoms. The summed E-state index contributed by atoms with van der Waals surface area (Å²) in [7, 11) is 0. The second-order valence-corrected chi connectivity index (χ2v) is 6.61. The van der Waals surface area contributed by atoms with Crippen LogP contribution >= 0.6 is 15.9 Å². The highest BCUT2D eigenvalue weighted by Crippen LogP contribution is 2.30. The molecule has 0 spiro atoms. The second kappa shape index (κ2) is 8.16. The van der Waals surface area contributed by atoms with Gasteiger partial charge in [-0.25, -0.2) is 0 Å². The van der Waals surface area contributed by atoms with Gasteiger partial charge in [0.05, 0.1) is 0 Å². The molecule has 1 aliphatic rings. The van der Waals surface area contributed by atoms with Crippen molar-refractivity contribution in [3.05, 3.63) is 34.3 Å². The van der Waals surface area contributed by atoms with Crippen molar-refractivity contribution >= 4 is 15.9 Å². The first-order chi connectivity index (χ1) is 9.74. The quantitative estimate of drug-likeness (QED) is 0.725. The highest BCUT2D eigenvalue weighted by Gasteiger charge is 2.24. The third kappa shape index (κ3) is 4.87. The zero-order valence-electron chi connectivity index (χ0n) is 12.7. The normalized spacial score (nSPS) is 16.6. The van der Waals surface area contributed by atoms with Gasteiger partial charge in [0.2, 0.25) is 0 Å². The van der Waals surface area contributed by atoms with Crippen LogP contribution in [0.15, 0.2) is 28.7 Å². The molecule has 112 valence electrons. The van der Waals surface area contributed by atoms with Crippen LogP contribution in [0.1, 0.15) is 44.7 Å². The maximum Gasteiger partial charge on any atom is 0.0343 e. The Labute approximate surface area is 132 Å². The molecule has 1 N–H and O–H groups in total. The molecule has 1 aromatic rings. The van der Waals surface area contributed by atoms with E-state index in [0.717, 1.165) is 12.5 Å². The van der Waals surface area contributed by atoms with Gasteiger partial charge in [-0.05, 0) is 56.4 Å². The fraction of sp³-hybridized carbons (Fsp3) is 0.647. The Morgan fingerprint density at radius 1 is 1.30 bits per heavy atom. The van der Waals surface area contributed by atoms with Crippen molar-refractivity contribution in [2.75, 3.05) is 26.2 Å². The van der Waals surface area contributed by atoms with E-state index in [-0.39, 0.29) is 0 Å². The fourth-order valence-electron chi connectivity index (χ4n) is 2.73. The number of hydrogen-bond donors (Lipinski definition) is 1. The van der Waals surface area contributed by atoms with Gasteiger partial charge in [-0.3, -0.25) is 0 Å². The molecule has 0 radical (unpaired) electrons. The number of nitrogens with one attached hydrogen (secondary N) is 1. The Balaban J connectivity index is 1.92. The van der Waals surface area contributed by atoms with Gasteiger partial charge in [-0.1, -0.05) is 48.0 Å². The van der Waals surface area contributed by atoms with E-state index in [1.165, 1.54) is 48.9 Å². The molecule has 1 atom stereocenters. The topological polar surface area (TPSA) is 15.3 Å². The molecule has 0 heterocycles. The molecule has 2 rings (SSSR count). The smallest absolute Gasteiger partial charge is 0.0343 e. The van der Waals surface area contributed by atoms with E-state index in [4.69, 9.17) is 0 Å². The summed E-state index contributed by atoms with van der Waals surface area (Å²) < 4.78 is 1.22. The molecule has 1 fully saturated rings. The van der Waals surface area contributed by atoms with Crippen LogP contribution < -0.4 is 5.32 Å². The summed E-state index contributed by atoms with van der Waals surface area (Å²) in [6, 6.07) is 9.04. The lowest BCUT2D eigenvalue weighted by atomic mass is 10.0. The number of halogens is 1. The summed E-state index contributed by atoms with van der Waals surface area (Å²) in [5.41, 5.74) is 1.39. The Kier molecular flexibility index (Phi) is 6.53. The van der Waals surface area contributed by atoms with Crippen molar-refractivity contribution in [1.82, 2.24) is 10.2 Å². The first-order valence-corrected chi connectivity index (χ1v) is 8.74. The molecular weight excluding hydrogens is 312 g/mol. The minimum absolute atomic E-state index is 0.448. The number of nitrogens with zero attached hydrogens (tertiary/aromatic N) is 1. The molecule has 1 aliphatic carbocycles. The van der Waals surface area contributed by atoms with Crippen molar-refractivity contribution in [2.24, 2.45) is 5.92 Å². The van der Waals surface area contributed by atoms with Crippen molar-refractivity contribution in [1.29, 1.82) is 0 Å². The third-order valence-electron chi connectivity index (χ3n) is 4.13. The lowest BCUT2D eigenvalue weighted by Crippen LogP contribution is -2.31. The van der Waals surface area contributed by atoms with Crippen molar-refractivity contribution in [3.63, 3.8) is 0 Å². The molecule has 0 bridgehead atoms. The van der Waals surface area contributed by atoms with Crippen molar-refractivity contribution in [2.45, 2.75) is 39.2 Å².